The number of likely N-dealkylation sites (tertiary alicyclic amines) is 1. The summed E-state index contributed by atoms with van der Waals surface area (Å²) in [5.74, 6) is 2.52. The SMILES string of the molecule is Cc1sc2c(c1C)C(c1ccc(Cl)cc1)=N[C@@H](CC(=O)N1CCC(CN3CCN(C(=O)NCCCC(=O)NC4=NN(c5ccc(Cl)c(Cl)c5)CC4C)CC3)CC1)c1nnc(C)n1-2. The van der Waals surface area contributed by atoms with Crippen molar-refractivity contribution in [3.8, 4) is 5.00 Å². The molecular formula is C44H52Cl3N11O3S. The maximum atomic E-state index is 14.0. The summed E-state index contributed by atoms with van der Waals surface area (Å²) in [6.07, 6.45) is 2.86. The van der Waals surface area contributed by atoms with Gasteiger partial charge in [0, 0.05) is 85.7 Å². The van der Waals surface area contributed by atoms with Crippen LogP contribution in [0.2, 0.25) is 15.1 Å². The van der Waals surface area contributed by atoms with Gasteiger partial charge in [-0.05, 0) is 81.8 Å². The molecule has 4 amide bonds. The number of aliphatic imine (C=N–C) groups is 1. The molecule has 2 N–H and O–H groups in total. The van der Waals surface area contributed by atoms with Gasteiger partial charge in [-0.3, -0.25) is 29.1 Å². The number of nitrogens with zero attached hydrogens (tertiary/aromatic N) is 9. The molecule has 0 radical (unpaired) electrons. The van der Waals surface area contributed by atoms with E-state index in [1.54, 1.807) is 28.5 Å². The van der Waals surface area contributed by atoms with Gasteiger partial charge in [0.2, 0.25) is 11.8 Å². The summed E-state index contributed by atoms with van der Waals surface area (Å²) in [6, 6.07) is 12.5. The lowest BCUT2D eigenvalue weighted by Gasteiger charge is -2.39. The van der Waals surface area contributed by atoms with Crippen LogP contribution in [0.3, 0.4) is 0 Å². The first-order valence-electron chi connectivity index (χ1n) is 21.3. The number of nitrogens with one attached hydrogen (secondary N) is 2. The number of rotatable bonds is 10. The zero-order valence-electron chi connectivity index (χ0n) is 35.5. The number of anilines is 1. The summed E-state index contributed by atoms with van der Waals surface area (Å²) in [5.41, 5.74) is 4.81. The maximum Gasteiger partial charge on any atom is 0.317 e. The lowest BCUT2D eigenvalue weighted by atomic mass is 9.95. The Labute approximate surface area is 381 Å². The molecule has 4 aliphatic heterocycles. The van der Waals surface area contributed by atoms with Crippen LogP contribution >= 0.6 is 46.1 Å². The lowest BCUT2D eigenvalue weighted by molar-refractivity contribution is -0.133. The van der Waals surface area contributed by atoms with Gasteiger partial charge in [-0.25, -0.2) is 4.79 Å². The van der Waals surface area contributed by atoms with E-state index in [9.17, 15) is 14.4 Å². The van der Waals surface area contributed by atoms with Crippen LogP contribution in [-0.2, 0) is 9.59 Å². The second-order valence-corrected chi connectivity index (χ2v) is 19.1. The molecule has 2 aromatic heterocycles. The minimum atomic E-state index is -0.491. The standard InChI is InChI=1S/C44H52Cl3N11O3S/c1-26-24-57(33-11-12-34(46)35(47)22-33)53-41(26)50-37(59)6-5-15-48-44(61)56-20-18-54(19-21-56)25-30-13-16-55(17-14-30)38(60)23-36-42-52-51-29(4)58(42)43-39(27(2)28(3)62-43)40(49-36)31-7-9-32(45)10-8-31/h7-12,22,26,30,36H,5-6,13-21,23-25H2,1-4H3,(H,48,61)(H,50,53,59)/t26?,36-/m0/s1. The highest BCUT2D eigenvalue weighted by Crippen LogP contribution is 2.40. The van der Waals surface area contributed by atoms with Crippen molar-refractivity contribution < 1.29 is 14.4 Å². The van der Waals surface area contributed by atoms with Crippen LogP contribution in [0.15, 0.2) is 52.6 Å². The number of thiophene rings is 1. The number of aryl methyl sites for hydroxylation is 2. The summed E-state index contributed by atoms with van der Waals surface area (Å²) < 4.78 is 2.09. The zero-order chi connectivity index (χ0) is 43.7. The Morgan fingerprint density at radius 2 is 1.63 bits per heavy atom. The van der Waals surface area contributed by atoms with E-state index in [0.717, 1.165) is 71.4 Å². The Balaban J connectivity index is 0.768. The van der Waals surface area contributed by atoms with Crippen molar-refractivity contribution in [3.05, 3.63) is 90.7 Å². The zero-order valence-corrected chi connectivity index (χ0v) is 38.5. The predicted molar refractivity (Wildman–Crippen MR) is 246 cm³/mol. The summed E-state index contributed by atoms with van der Waals surface area (Å²) >= 11 is 20.2. The smallest absolute Gasteiger partial charge is 0.317 e. The van der Waals surface area contributed by atoms with E-state index in [1.807, 2.05) is 54.0 Å². The van der Waals surface area contributed by atoms with Gasteiger partial charge in [0.15, 0.2) is 5.82 Å². The highest BCUT2D eigenvalue weighted by molar-refractivity contribution is 7.15. The number of hydrogen-bond donors (Lipinski definition) is 2. The molecule has 328 valence electrons. The number of fused-ring (bicyclic) bond motifs is 3. The number of hydrogen-bond acceptors (Lipinski definition) is 10. The van der Waals surface area contributed by atoms with Crippen LogP contribution < -0.4 is 15.6 Å². The van der Waals surface area contributed by atoms with Gasteiger partial charge in [-0.2, -0.15) is 5.10 Å². The first-order chi connectivity index (χ1) is 29.8. The van der Waals surface area contributed by atoms with Gasteiger partial charge in [0.1, 0.15) is 22.7 Å². The van der Waals surface area contributed by atoms with Crippen molar-refractivity contribution in [1.82, 2.24) is 40.1 Å². The predicted octanol–water partition coefficient (Wildman–Crippen LogP) is 7.43. The molecule has 2 aromatic carbocycles. The van der Waals surface area contributed by atoms with E-state index in [-0.39, 0.29) is 36.6 Å². The average Bonchev–Trinajstić information content (AvgIpc) is 3.89. The molecule has 2 atom stereocenters. The molecule has 14 nitrogen and oxygen atoms in total. The van der Waals surface area contributed by atoms with Crippen molar-refractivity contribution in [2.75, 3.05) is 63.9 Å². The number of carbonyl (C=O) groups is 3. The number of piperidine rings is 1. The first kappa shape index (κ1) is 44.1. The van der Waals surface area contributed by atoms with E-state index in [0.29, 0.717) is 78.3 Å². The molecule has 4 aliphatic rings. The molecule has 2 saturated heterocycles. The molecule has 62 heavy (non-hydrogen) atoms. The van der Waals surface area contributed by atoms with Crippen molar-refractivity contribution in [2.45, 2.75) is 65.8 Å². The second-order valence-electron chi connectivity index (χ2n) is 16.7. The van der Waals surface area contributed by atoms with E-state index < -0.39 is 6.04 Å². The molecule has 4 aromatic rings. The van der Waals surface area contributed by atoms with Crippen molar-refractivity contribution in [3.63, 3.8) is 0 Å². The van der Waals surface area contributed by atoms with E-state index in [4.69, 9.17) is 39.8 Å². The average molecular weight is 921 g/mol. The third-order valence-corrected chi connectivity index (χ3v) is 14.5. The molecule has 8 rings (SSSR count). The molecule has 0 bridgehead atoms. The van der Waals surface area contributed by atoms with Crippen LogP contribution in [-0.4, -0.2) is 118 Å². The summed E-state index contributed by atoms with van der Waals surface area (Å²) in [6.45, 7) is 14.5. The monoisotopic (exact) mass is 919 g/mol. The number of carbonyl (C=O) groups excluding carboxylic acids is 3. The Kier molecular flexibility index (Phi) is 13.5. The van der Waals surface area contributed by atoms with Gasteiger partial charge in [-0.1, -0.05) is 53.9 Å². The lowest BCUT2D eigenvalue weighted by Crippen LogP contribution is -2.53. The fraction of sp³-hybridized carbons (Fsp3) is 0.477. The summed E-state index contributed by atoms with van der Waals surface area (Å²) in [5, 5.41) is 23.9. The molecule has 6 heterocycles. The van der Waals surface area contributed by atoms with E-state index in [1.165, 1.54) is 4.88 Å². The fourth-order valence-corrected chi connectivity index (χ4v) is 10.3. The molecular weight excluding hydrogens is 869 g/mol. The molecule has 0 saturated carbocycles. The molecule has 2 fully saturated rings. The van der Waals surface area contributed by atoms with Crippen LogP contribution in [0, 0.1) is 32.6 Å². The minimum absolute atomic E-state index is 0.0389. The van der Waals surface area contributed by atoms with Gasteiger partial charge >= 0.3 is 6.03 Å². The quantitative estimate of drug-likeness (QED) is 0.158. The highest BCUT2D eigenvalue weighted by Gasteiger charge is 2.35. The first-order valence-corrected chi connectivity index (χ1v) is 23.3. The minimum Gasteiger partial charge on any atom is -0.343 e. The summed E-state index contributed by atoms with van der Waals surface area (Å²) in [4.78, 5) is 52.5. The van der Waals surface area contributed by atoms with Crippen molar-refractivity contribution in [1.29, 1.82) is 0 Å². The topological polar surface area (TPSA) is 144 Å². The Hall–Kier alpha value is -4.54. The Morgan fingerprint density at radius 1 is 0.887 bits per heavy atom. The van der Waals surface area contributed by atoms with Gasteiger partial charge in [-0.15, -0.1) is 21.5 Å². The van der Waals surface area contributed by atoms with Gasteiger partial charge < -0.3 is 20.4 Å². The third-order valence-electron chi connectivity index (χ3n) is 12.3. The van der Waals surface area contributed by atoms with Crippen molar-refractivity contribution >= 4 is 81.2 Å². The number of piperazine rings is 1. The van der Waals surface area contributed by atoms with Crippen molar-refractivity contribution in [2.24, 2.45) is 21.9 Å². The normalized spacial score (nSPS) is 19.4. The van der Waals surface area contributed by atoms with Crippen LogP contribution in [0.4, 0.5) is 10.5 Å². The highest BCUT2D eigenvalue weighted by atomic mass is 35.5. The van der Waals surface area contributed by atoms with E-state index in [2.05, 4.69) is 49.2 Å². The number of aromatic nitrogens is 3. The van der Waals surface area contributed by atoms with Gasteiger partial charge in [0.25, 0.3) is 0 Å². The van der Waals surface area contributed by atoms with Crippen LogP contribution in [0.5, 0.6) is 0 Å². The van der Waals surface area contributed by atoms with Crippen LogP contribution in [0.25, 0.3) is 5.00 Å². The second kappa shape index (κ2) is 19.1. The number of amidine groups is 1. The number of amides is 4. The molecule has 18 heteroatoms. The molecule has 0 aliphatic carbocycles. The number of halogens is 3. The molecule has 0 spiro atoms. The molecule has 1 unspecified atom stereocenters. The van der Waals surface area contributed by atoms with Gasteiger partial charge in [0.05, 0.1) is 34.4 Å². The number of benzene rings is 2. The fourth-order valence-electron chi connectivity index (χ4n) is 8.62. The number of hydrazone groups is 1. The Bertz CT molecular complexity index is 2380. The third kappa shape index (κ3) is 9.66. The largest absolute Gasteiger partial charge is 0.343 e. The summed E-state index contributed by atoms with van der Waals surface area (Å²) in [7, 11) is 0. The maximum absolute atomic E-state index is 14.0. The van der Waals surface area contributed by atoms with Crippen LogP contribution in [0.1, 0.15) is 78.3 Å². The van der Waals surface area contributed by atoms with E-state index >= 15 is 0 Å². The Morgan fingerprint density at radius 3 is 2.35 bits per heavy atom. The number of urea groups is 1.